The number of benzene rings is 1. The van der Waals surface area contributed by atoms with Crippen LogP contribution < -0.4 is 11.3 Å². The number of nitrogens with two attached hydrogens (primary N) is 1. The van der Waals surface area contributed by atoms with Crippen LogP contribution in [0, 0.1) is 6.92 Å². The van der Waals surface area contributed by atoms with Crippen LogP contribution in [0.2, 0.25) is 0 Å². The van der Waals surface area contributed by atoms with E-state index in [1.807, 2.05) is 31.2 Å². The van der Waals surface area contributed by atoms with Crippen LogP contribution in [-0.4, -0.2) is 10.2 Å². The Hall–Kier alpha value is -1.88. The highest BCUT2D eigenvalue weighted by Crippen LogP contribution is 2.22. The van der Waals surface area contributed by atoms with Gasteiger partial charge in [0.25, 0.3) is 0 Å². The summed E-state index contributed by atoms with van der Waals surface area (Å²) in [4.78, 5) is 0. The largest absolute Gasteiger partial charge is 0.402 e. The van der Waals surface area contributed by atoms with E-state index in [-0.39, 0.29) is 6.01 Å². The summed E-state index contributed by atoms with van der Waals surface area (Å²) in [5.41, 5.74) is 4.30. The molecule has 72 valence electrons. The molecule has 0 fully saturated rings. The summed E-state index contributed by atoms with van der Waals surface area (Å²) in [6, 6.07) is 7.99. The molecule has 3 N–H and O–H groups in total. The SMILES string of the molecule is Cc1ccccc1-c1nnc(NN)o1. The second-order valence-electron chi connectivity index (χ2n) is 2.87. The Morgan fingerprint density at radius 1 is 1.29 bits per heavy atom. The molecule has 2 aromatic rings. The fourth-order valence-corrected chi connectivity index (χ4v) is 1.20. The zero-order chi connectivity index (χ0) is 9.97. The molecule has 5 nitrogen and oxygen atoms in total. The summed E-state index contributed by atoms with van der Waals surface area (Å²) in [5, 5.41) is 7.56. The minimum Gasteiger partial charge on any atom is -0.402 e. The van der Waals surface area contributed by atoms with E-state index in [0.29, 0.717) is 5.89 Å². The van der Waals surface area contributed by atoms with E-state index in [1.165, 1.54) is 0 Å². The van der Waals surface area contributed by atoms with Gasteiger partial charge >= 0.3 is 6.01 Å². The van der Waals surface area contributed by atoms with Crippen LogP contribution >= 0.6 is 0 Å². The third-order valence-electron chi connectivity index (χ3n) is 1.92. The van der Waals surface area contributed by atoms with E-state index < -0.39 is 0 Å². The highest BCUT2D eigenvalue weighted by molar-refractivity contribution is 5.58. The van der Waals surface area contributed by atoms with Crippen LogP contribution in [-0.2, 0) is 0 Å². The summed E-state index contributed by atoms with van der Waals surface area (Å²) in [6.45, 7) is 1.98. The predicted octanol–water partition coefficient (Wildman–Crippen LogP) is 1.33. The fourth-order valence-electron chi connectivity index (χ4n) is 1.20. The molecule has 0 saturated carbocycles. The van der Waals surface area contributed by atoms with E-state index in [2.05, 4.69) is 15.6 Å². The molecule has 1 aromatic heterocycles. The molecule has 1 heterocycles. The minimum absolute atomic E-state index is 0.211. The van der Waals surface area contributed by atoms with Crippen LogP contribution in [0.4, 0.5) is 6.01 Å². The van der Waals surface area contributed by atoms with Crippen molar-refractivity contribution < 1.29 is 4.42 Å². The van der Waals surface area contributed by atoms with Gasteiger partial charge in [-0.05, 0) is 18.6 Å². The standard InChI is InChI=1S/C9H10N4O/c1-6-4-2-3-5-7(6)8-12-13-9(11-10)14-8/h2-5H,10H2,1H3,(H,11,13). The van der Waals surface area contributed by atoms with Crippen molar-refractivity contribution >= 4 is 6.01 Å². The maximum Gasteiger partial charge on any atom is 0.330 e. The van der Waals surface area contributed by atoms with Crippen LogP contribution in [0.5, 0.6) is 0 Å². The molecule has 0 aliphatic carbocycles. The molecule has 14 heavy (non-hydrogen) atoms. The number of aryl methyl sites for hydroxylation is 1. The molecule has 1 aromatic carbocycles. The number of rotatable bonds is 2. The molecular formula is C9H10N4O. The van der Waals surface area contributed by atoms with Gasteiger partial charge in [-0.1, -0.05) is 23.3 Å². The topological polar surface area (TPSA) is 77.0 Å². The molecule has 0 spiro atoms. The zero-order valence-electron chi connectivity index (χ0n) is 7.69. The Morgan fingerprint density at radius 2 is 2.07 bits per heavy atom. The van der Waals surface area contributed by atoms with E-state index in [4.69, 9.17) is 10.3 Å². The smallest absolute Gasteiger partial charge is 0.330 e. The van der Waals surface area contributed by atoms with Gasteiger partial charge in [0.15, 0.2) is 0 Å². The Labute approximate surface area is 80.9 Å². The lowest BCUT2D eigenvalue weighted by molar-refractivity contribution is 0.582. The van der Waals surface area contributed by atoms with Crippen molar-refractivity contribution in [3.63, 3.8) is 0 Å². The van der Waals surface area contributed by atoms with Gasteiger partial charge < -0.3 is 4.42 Å². The second kappa shape index (κ2) is 3.47. The lowest BCUT2D eigenvalue weighted by Gasteiger charge is -1.98. The molecule has 5 heteroatoms. The number of nitrogens with zero attached hydrogens (tertiary/aromatic N) is 2. The number of hydrazine groups is 1. The predicted molar refractivity (Wildman–Crippen MR) is 52.3 cm³/mol. The lowest BCUT2D eigenvalue weighted by atomic mass is 10.1. The molecule has 0 unspecified atom stereocenters. The van der Waals surface area contributed by atoms with E-state index in [0.717, 1.165) is 11.1 Å². The summed E-state index contributed by atoms with van der Waals surface area (Å²) in [6.07, 6.45) is 0. The van der Waals surface area contributed by atoms with Crippen molar-refractivity contribution in [3.8, 4) is 11.5 Å². The van der Waals surface area contributed by atoms with Crippen molar-refractivity contribution in [1.82, 2.24) is 10.2 Å². The number of nitrogen functional groups attached to an aromatic ring is 1. The van der Waals surface area contributed by atoms with Crippen molar-refractivity contribution in [1.29, 1.82) is 0 Å². The fraction of sp³-hybridized carbons (Fsp3) is 0.111. The first-order valence-electron chi connectivity index (χ1n) is 4.17. The Morgan fingerprint density at radius 3 is 2.71 bits per heavy atom. The highest BCUT2D eigenvalue weighted by Gasteiger charge is 2.08. The van der Waals surface area contributed by atoms with Gasteiger partial charge in [0.1, 0.15) is 0 Å². The first-order chi connectivity index (χ1) is 6.81. The third-order valence-corrected chi connectivity index (χ3v) is 1.92. The Kier molecular flexibility index (Phi) is 2.16. The third kappa shape index (κ3) is 1.45. The molecule has 0 amide bonds. The van der Waals surface area contributed by atoms with Gasteiger partial charge in [-0.25, -0.2) is 5.84 Å². The van der Waals surface area contributed by atoms with E-state index >= 15 is 0 Å². The van der Waals surface area contributed by atoms with Crippen LogP contribution in [0.25, 0.3) is 11.5 Å². The average molecular weight is 190 g/mol. The Bertz CT molecular complexity index is 438. The molecule has 0 radical (unpaired) electrons. The molecule has 0 bridgehead atoms. The lowest BCUT2D eigenvalue weighted by Crippen LogP contribution is -2.06. The maximum atomic E-state index is 5.24. The van der Waals surface area contributed by atoms with Crippen LogP contribution in [0.15, 0.2) is 28.7 Å². The summed E-state index contributed by atoms with van der Waals surface area (Å²) < 4.78 is 5.24. The zero-order valence-corrected chi connectivity index (χ0v) is 7.69. The number of nitrogens with one attached hydrogen (secondary N) is 1. The summed E-state index contributed by atoms with van der Waals surface area (Å²) in [5.74, 6) is 5.60. The number of hydrogen-bond acceptors (Lipinski definition) is 5. The van der Waals surface area contributed by atoms with Crippen molar-refractivity contribution in [2.45, 2.75) is 6.92 Å². The normalized spacial score (nSPS) is 10.1. The molecule has 2 rings (SSSR count). The second-order valence-corrected chi connectivity index (χ2v) is 2.87. The van der Waals surface area contributed by atoms with Crippen LogP contribution in [0.1, 0.15) is 5.56 Å². The van der Waals surface area contributed by atoms with Crippen molar-refractivity contribution in [2.24, 2.45) is 5.84 Å². The monoisotopic (exact) mass is 190 g/mol. The van der Waals surface area contributed by atoms with Gasteiger partial charge in [0, 0.05) is 5.56 Å². The van der Waals surface area contributed by atoms with Gasteiger partial charge in [0.2, 0.25) is 5.89 Å². The van der Waals surface area contributed by atoms with E-state index in [9.17, 15) is 0 Å². The first kappa shape index (κ1) is 8.71. The van der Waals surface area contributed by atoms with Gasteiger partial charge in [-0.3, -0.25) is 5.43 Å². The average Bonchev–Trinajstić information content (AvgIpc) is 2.67. The number of aromatic nitrogens is 2. The minimum atomic E-state index is 0.211. The first-order valence-corrected chi connectivity index (χ1v) is 4.17. The van der Waals surface area contributed by atoms with Crippen molar-refractivity contribution in [3.05, 3.63) is 29.8 Å². The van der Waals surface area contributed by atoms with E-state index in [1.54, 1.807) is 0 Å². The molecular weight excluding hydrogens is 180 g/mol. The summed E-state index contributed by atoms with van der Waals surface area (Å²) in [7, 11) is 0. The molecule has 0 atom stereocenters. The van der Waals surface area contributed by atoms with Gasteiger partial charge in [-0.2, -0.15) is 0 Å². The quantitative estimate of drug-likeness (QED) is 0.551. The molecule has 0 saturated heterocycles. The molecule has 0 aliphatic rings. The van der Waals surface area contributed by atoms with Gasteiger partial charge in [-0.15, -0.1) is 5.10 Å². The number of hydrogen-bond donors (Lipinski definition) is 2. The highest BCUT2D eigenvalue weighted by atomic mass is 16.4. The van der Waals surface area contributed by atoms with Crippen LogP contribution in [0.3, 0.4) is 0 Å². The summed E-state index contributed by atoms with van der Waals surface area (Å²) >= 11 is 0. The maximum absolute atomic E-state index is 5.24. The molecule has 0 aliphatic heterocycles. The van der Waals surface area contributed by atoms with Gasteiger partial charge in [0.05, 0.1) is 0 Å². The van der Waals surface area contributed by atoms with Crippen molar-refractivity contribution in [2.75, 3.05) is 5.43 Å². The Balaban J connectivity index is 2.44. The number of anilines is 1.